The lowest BCUT2D eigenvalue weighted by Crippen LogP contribution is -2.54. The lowest BCUT2D eigenvalue weighted by Gasteiger charge is -2.30. The molecule has 3 N–H and O–H groups in total. The summed E-state index contributed by atoms with van der Waals surface area (Å²) in [4.78, 5) is 44.3. The van der Waals surface area contributed by atoms with Crippen molar-refractivity contribution in [1.29, 1.82) is 0 Å². The standard InChI is InChI=1S/C28H30N4O4/c33-26(30-23(21-12-5-2-6-13-21)19-22-14-7-8-16-29-22)25-15-9-17-32(25)27(34)24(31-28(35)36)18-20-10-3-1-4-11-20/h1-8,10-14,16,23-25,31H,9,15,17-19H2,(H,30,33)(H,35,36)/t23-,24-,25-/m0/s1. The van der Waals surface area contributed by atoms with E-state index in [1.165, 1.54) is 4.90 Å². The monoisotopic (exact) mass is 486 g/mol. The van der Waals surface area contributed by atoms with Gasteiger partial charge in [-0.25, -0.2) is 4.79 Å². The molecule has 8 nitrogen and oxygen atoms in total. The summed E-state index contributed by atoms with van der Waals surface area (Å²) < 4.78 is 0. The molecule has 0 saturated carbocycles. The topological polar surface area (TPSA) is 112 Å². The van der Waals surface area contributed by atoms with Gasteiger partial charge in [-0.2, -0.15) is 0 Å². The third-order valence-electron chi connectivity index (χ3n) is 6.37. The zero-order valence-electron chi connectivity index (χ0n) is 19.9. The number of likely N-dealkylation sites (tertiary alicyclic amines) is 1. The molecule has 3 amide bonds. The van der Waals surface area contributed by atoms with Crippen LogP contribution in [0.5, 0.6) is 0 Å². The summed E-state index contributed by atoms with van der Waals surface area (Å²) in [5.74, 6) is -0.640. The second-order valence-electron chi connectivity index (χ2n) is 8.88. The number of carboxylic acid groups (broad SMARTS) is 1. The van der Waals surface area contributed by atoms with Crippen LogP contribution >= 0.6 is 0 Å². The van der Waals surface area contributed by atoms with Crippen LogP contribution in [0.15, 0.2) is 85.1 Å². The van der Waals surface area contributed by atoms with Crippen LogP contribution in [0.25, 0.3) is 0 Å². The molecule has 36 heavy (non-hydrogen) atoms. The highest BCUT2D eigenvalue weighted by Gasteiger charge is 2.38. The Morgan fingerprint density at radius 1 is 0.917 bits per heavy atom. The minimum absolute atomic E-state index is 0.211. The maximum absolute atomic E-state index is 13.5. The van der Waals surface area contributed by atoms with Crippen molar-refractivity contribution in [3.05, 3.63) is 102 Å². The first-order valence-corrected chi connectivity index (χ1v) is 12.1. The van der Waals surface area contributed by atoms with Crippen molar-refractivity contribution in [3.8, 4) is 0 Å². The van der Waals surface area contributed by atoms with E-state index in [2.05, 4.69) is 15.6 Å². The van der Waals surface area contributed by atoms with Crippen molar-refractivity contribution >= 4 is 17.9 Å². The van der Waals surface area contributed by atoms with Gasteiger partial charge in [-0.05, 0) is 36.1 Å². The maximum atomic E-state index is 13.5. The van der Waals surface area contributed by atoms with Crippen LogP contribution in [-0.2, 0) is 22.4 Å². The Bertz CT molecular complexity index is 1160. The van der Waals surface area contributed by atoms with Crippen molar-refractivity contribution in [2.75, 3.05) is 6.54 Å². The Kier molecular flexibility index (Phi) is 8.28. The molecular formula is C28H30N4O4. The highest BCUT2D eigenvalue weighted by Crippen LogP contribution is 2.23. The zero-order valence-corrected chi connectivity index (χ0v) is 19.9. The molecule has 1 aliphatic heterocycles. The smallest absolute Gasteiger partial charge is 0.405 e. The van der Waals surface area contributed by atoms with Gasteiger partial charge in [-0.3, -0.25) is 14.6 Å². The second-order valence-corrected chi connectivity index (χ2v) is 8.88. The summed E-state index contributed by atoms with van der Waals surface area (Å²) in [6, 6.07) is 22.6. The van der Waals surface area contributed by atoms with Gasteiger partial charge in [-0.1, -0.05) is 66.7 Å². The molecule has 8 heteroatoms. The van der Waals surface area contributed by atoms with E-state index >= 15 is 0 Å². The Hall–Kier alpha value is -4.20. The summed E-state index contributed by atoms with van der Waals surface area (Å²) in [6.07, 6.45) is 2.36. The first-order chi connectivity index (χ1) is 17.5. The molecule has 0 unspecified atom stereocenters. The van der Waals surface area contributed by atoms with Gasteiger partial charge in [0.05, 0.1) is 6.04 Å². The lowest BCUT2D eigenvalue weighted by molar-refractivity contribution is -0.140. The molecule has 1 aromatic heterocycles. The molecule has 0 aliphatic carbocycles. The summed E-state index contributed by atoms with van der Waals surface area (Å²) in [5.41, 5.74) is 2.63. The molecule has 1 aliphatic rings. The minimum Gasteiger partial charge on any atom is -0.465 e. The third-order valence-corrected chi connectivity index (χ3v) is 6.37. The van der Waals surface area contributed by atoms with E-state index in [4.69, 9.17) is 0 Å². The van der Waals surface area contributed by atoms with E-state index in [0.717, 1.165) is 16.8 Å². The number of carbonyl (C=O) groups is 3. The van der Waals surface area contributed by atoms with E-state index in [0.29, 0.717) is 25.8 Å². The Balaban J connectivity index is 1.50. The third kappa shape index (κ3) is 6.47. The van der Waals surface area contributed by atoms with Crippen molar-refractivity contribution in [1.82, 2.24) is 20.5 Å². The van der Waals surface area contributed by atoms with Crippen LogP contribution in [0.1, 0.15) is 35.7 Å². The highest BCUT2D eigenvalue weighted by molar-refractivity contribution is 5.92. The number of benzene rings is 2. The van der Waals surface area contributed by atoms with Gasteiger partial charge in [0.1, 0.15) is 12.1 Å². The van der Waals surface area contributed by atoms with Crippen LogP contribution in [0.3, 0.4) is 0 Å². The molecule has 3 aromatic rings. The number of amides is 3. The van der Waals surface area contributed by atoms with E-state index in [1.807, 2.05) is 78.9 Å². The minimum atomic E-state index is -1.27. The number of rotatable bonds is 9. The van der Waals surface area contributed by atoms with Gasteiger partial charge in [0.2, 0.25) is 11.8 Å². The lowest BCUT2D eigenvalue weighted by atomic mass is 10.0. The first-order valence-electron chi connectivity index (χ1n) is 12.1. The Labute approximate surface area is 210 Å². The zero-order chi connectivity index (χ0) is 25.3. The van der Waals surface area contributed by atoms with Gasteiger partial charge in [0.25, 0.3) is 0 Å². The number of aromatic nitrogens is 1. The predicted molar refractivity (Wildman–Crippen MR) is 135 cm³/mol. The normalized spacial score (nSPS) is 16.7. The van der Waals surface area contributed by atoms with Crippen LogP contribution in [0, 0.1) is 0 Å². The first kappa shape index (κ1) is 24.9. The molecule has 2 heterocycles. The largest absolute Gasteiger partial charge is 0.465 e. The molecule has 0 spiro atoms. The molecule has 3 atom stereocenters. The van der Waals surface area contributed by atoms with E-state index in [1.54, 1.807) is 6.20 Å². The van der Waals surface area contributed by atoms with Crippen molar-refractivity contribution < 1.29 is 19.5 Å². The number of hydrogen-bond donors (Lipinski definition) is 3. The van der Waals surface area contributed by atoms with Crippen molar-refractivity contribution in [2.45, 2.75) is 43.8 Å². The fourth-order valence-corrected chi connectivity index (χ4v) is 4.64. The van der Waals surface area contributed by atoms with Gasteiger partial charge in [0.15, 0.2) is 0 Å². The summed E-state index contributed by atoms with van der Waals surface area (Å²) in [7, 11) is 0. The fraction of sp³-hybridized carbons (Fsp3) is 0.286. The van der Waals surface area contributed by atoms with Gasteiger partial charge in [-0.15, -0.1) is 0 Å². The maximum Gasteiger partial charge on any atom is 0.405 e. The average Bonchev–Trinajstić information content (AvgIpc) is 3.39. The second kappa shape index (κ2) is 12.0. The SMILES string of the molecule is O=C(O)N[C@@H](Cc1ccccc1)C(=O)N1CCC[C@H]1C(=O)N[C@@H](Cc1ccccn1)c1ccccc1. The van der Waals surface area contributed by atoms with Gasteiger partial charge >= 0.3 is 6.09 Å². The number of nitrogens with one attached hydrogen (secondary N) is 2. The fourth-order valence-electron chi connectivity index (χ4n) is 4.64. The average molecular weight is 487 g/mol. The quantitative estimate of drug-likeness (QED) is 0.430. The van der Waals surface area contributed by atoms with Crippen molar-refractivity contribution in [3.63, 3.8) is 0 Å². The van der Waals surface area contributed by atoms with Crippen LogP contribution in [0.4, 0.5) is 4.79 Å². The predicted octanol–water partition coefficient (Wildman–Crippen LogP) is 3.35. The summed E-state index contributed by atoms with van der Waals surface area (Å²) in [6.45, 7) is 0.403. The number of carbonyl (C=O) groups excluding carboxylic acids is 2. The van der Waals surface area contributed by atoms with Crippen molar-refractivity contribution in [2.24, 2.45) is 0 Å². The van der Waals surface area contributed by atoms with Crippen LogP contribution in [-0.4, -0.2) is 51.5 Å². The van der Waals surface area contributed by atoms with E-state index < -0.39 is 18.2 Å². The molecule has 0 radical (unpaired) electrons. The highest BCUT2D eigenvalue weighted by atomic mass is 16.4. The molecule has 0 bridgehead atoms. The van der Waals surface area contributed by atoms with Gasteiger partial charge in [0, 0.05) is 31.3 Å². The summed E-state index contributed by atoms with van der Waals surface area (Å²) >= 11 is 0. The molecule has 2 aromatic carbocycles. The van der Waals surface area contributed by atoms with E-state index in [9.17, 15) is 19.5 Å². The number of nitrogens with zero attached hydrogens (tertiary/aromatic N) is 2. The number of pyridine rings is 1. The number of hydrogen-bond acceptors (Lipinski definition) is 4. The molecule has 1 fully saturated rings. The molecule has 4 rings (SSSR count). The van der Waals surface area contributed by atoms with E-state index in [-0.39, 0.29) is 24.3 Å². The van der Waals surface area contributed by atoms with Crippen LogP contribution < -0.4 is 10.6 Å². The molecular weight excluding hydrogens is 456 g/mol. The molecule has 186 valence electrons. The Morgan fingerprint density at radius 2 is 1.61 bits per heavy atom. The Morgan fingerprint density at radius 3 is 2.28 bits per heavy atom. The molecule has 1 saturated heterocycles. The van der Waals surface area contributed by atoms with Gasteiger partial charge < -0.3 is 20.6 Å². The summed E-state index contributed by atoms with van der Waals surface area (Å²) in [5, 5.41) is 14.8. The van der Waals surface area contributed by atoms with Crippen LogP contribution in [0.2, 0.25) is 0 Å².